The van der Waals surface area contributed by atoms with Crippen LogP contribution in [0.3, 0.4) is 0 Å². The van der Waals surface area contributed by atoms with Gasteiger partial charge in [0, 0.05) is 17.8 Å². The number of alkyl halides is 1. The van der Waals surface area contributed by atoms with Crippen LogP contribution in [0.25, 0.3) is 10.9 Å². The fourth-order valence-corrected chi connectivity index (χ4v) is 1.31. The molecule has 15 heavy (non-hydrogen) atoms. The summed E-state index contributed by atoms with van der Waals surface area (Å²) in [6.07, 6.45) is 4.71. The van der Waals surface area contributed by atoms with Crippen molar-refractivity contribution in [3.05, 3.63) is 36.3 Å². The van der Waals surface area contributed by atoms with Crippen LogP contribution in [0.2, 0.25) is 0 Å². The molecule has 0 amide bonds. The number of ether oxygens (including phenoxy) is 1. The maximum atomic E-state index is 11.3. The molecule has 0 saturated carbocycles. The highest BCUT2D eigenvalue weighted by molar-refractivity contribution is 6.17. The van der Waals surface area contributed by atoms with E-state index in [1.165, 1.54) is 6.20 Å². The van der Waals surface area contributed by atoms with Crippen molar-refractivity contribution in [1.82, 2.24) is 9.97 Å². The van der Waals surface area contributed by atoms with Gasteiger partial charge in [0.2, 0.25) is 0 Å². The second-order valence-corrected chi connectivity index (χ2v) is 3.05. The SMILES string of the molecule is O=C(OCCl)c1cnc2cnccc2c1. The van der Waals surface area contributed by atoms with Gasteiger partial charge >= 0.3 is 5.97 Å². The zero-order valence-electron chi connectivity index (χ0n) is 7.68. The number of carbonyl (C=O) groups excluding carboxylic acids is 1. The van der Waals surface area contributed by atoms with Crippen molar-refractivity contribution in [2.45, 2.75) is 0 Å². The van der Waals surface area contributed by atoms with Gasteiger partial charge in [0.15, 0.2) is 6.07 Å². The number of aromatic nitrogens is 2. The van der Waals surface area contributed by atoms with E-state index in [0.29, 0.717) is 5.56 Å². The van der Waals surface area contributed by atoms with E-state index in [0.717, 1.165) is 10.9 Å². The van der Waals surface area contributed by atoms with Gasteiger partial charge < -0.3 is 4.74 Å². The molecule has 0 unspecified atom stereocenters. The van der Waals surface area contributed by atoms with Gasteiger partial charge in [-0.05, 0) is 12.1 Å². The number of halogens is 1. The van der Waals surface area contributed by atoms with Crippen molar-refractivity contribution in [3.8, 4) is 0 Å². The summed E-state index contributed by atoms with van der Waals surface area (Å²) < 4.78 is 4.65. The van der Waals surface area contributed by atoms with Crippen molar-refractivity contribution < 1.29 is 9.53 Å². The minimum atomic E-state index is -0.476. The maximum absolute atomic E-state index is 11.3. The van der Waals surface area contributed by atoms with Gasteiger partial charge in [-0.25, -0.2) is 4.79 Å². The molecule has 4 nitrogen and oxygen atoms in total. The molecule has 0 atom stereocenters. The van der Waals surface area contributed by atoms with Crippen LogP contribution in [0.4, 0.5) is 0 Å². The lowest BCUT2D eigenvalue weighted by Gasteiger charge is -2.01. The largest absolute Gasteiger partial charge is 0.446 e. The maximum Gasteiger partial charge on any atom is 0.340 e. The minimum Gasteiger partial charge on any atom is -0.446 e. The molecule has 0 aromatic carbocycles. The Labute approximate surface area is 90.9 Å². The third kappa shape index (κ3) is 2.05. The smallest absolute Gasteiger partial charge is 0.340 e. The van der Waals surface area contributed by atoms with E-state index in [9.17, 15) is 4.79 Å². The number of esters is 1. The average Bonchev–Trinajstić information content (AvgIpc) is 2.29. The first-order chi connectivity index (χ1) is 7.31. The first kappa shape index (κ1) is 9.86. The molecule has 0 saturated heterocycles. The van der Waals surface area contributed by atoms with E-state index in [1.54, 1.807) is 24.5 Å². The molecule has 0 N–H and O–H groups in total. The second kappa shape index (κ2) is 4.23. The molecule has 76 valence electrons. The Morgan fingerprint density at radius 2 is 2.33 bits per heavy atom. The first-order valence-electron chi connectivity index (χ1n) is 4.24. The summed E-state index contributed by atoms with van der Waals surface area (Å²) in [5.41, 5.74) is 1.12. The summed E-state index contributed by atoms with van der Waals surface area (Å²) in [6.45, 7) is 0. The lowest BCUT2D eigenvalue weighted by Crippen LogP contribution is -2.04. The normalized spacial score (nSPS) is 10.2. The van der Waals surface area contributed by atoms with Crippen molar-refractivity contribution in [2.75, 3.05) is 6.07 Å². The van der Waals surface area contributed by atoms with Crippen molar-refractivity contribution in [3.63, 3.8) is 0 Å². The van der Waals surface area contributed by atoms with Crippen LogP contribution in [0.5, 0.6) is 0 Å². The van der Waals surface area contributed by atoms with Gasteiger partial charge in [0.05, 0.1) is 17.3 Å². The Balaban J connectivity index is 2.42. The molecule has 0 spiro atoms. The number of carbonyl (C=O) groups is 1. The first-order valence-corrected chi connectivity index (χ1v) is 4.77. The Kier molecular flexibility index (Phi) is 2.78. The highest BCUT2D eigenvalue weighted by Crippen LogP contribution is 2.12. The molecule has 0 fully saturated rings. The molecule has 2 rings (SSSR count). The average molecular weight is 223 g/mol. The Morgan fingerprint density at radius 3 is 3.13 bits per heavy atom. The van der Waals surface area contributed by atoms with Crippen LogP contribution in [-0.2, 0) is 4.74 Å². The number of fused-ring (bicyclic) bond motifs is 1. The van der Waals surface area contributed by atoms with Crippen LogP contribution >= 0.6 is 11.6 Å². The summed E-state index contributed by atoms with van der Waals surface area (Å²) in [5.74, 6) is -0.476. The molecular formula is C10H7ClN2O2. The number of pyridine rings is 2. The van der Waals surface area contributed by atoms with Gasteiger partial charge in [-0.1, -0.05) is 11.6 Å². The topological polar surface area (TPSA) is 52.1 Å². The van der Waals surface area contributed by atoms with Crippen LogP contribution in [0, 0.1) is 0 Å². The van der Waals surface area contributed by atoms with E-state index in [2.05, 4.69) is 14.7 Å². The van der Waals surface area contributed by atoms with Crippen LogP contribution < -0.4 is 0 Å². The predicted molar refractivity (Wildman–Crippen MR) is 55.7 cm³/mol. The summed E-state index contributed by atoms with van der Waals surface area (Å²) in [4.78, 5) is 19.3. The van der Waals surface area contributed by atoms with Gasteiger partial charge in [-0.15, -0.1) is 0 Å². The van der Waals surface area contributed by atoms with Crippen molar-refractivity contribution in [1.29, 1.82) is 0 Å². The second-order valence-electron chi connectivity index (χ2n) is 2.83. The molecule has 0 bridgehead atoms. The third-order valence-corrected chi connectivity index (χ3v) is 2.02. The fraction of sp³-hybridized carbons (Fsp3) is 0.100. The standard InChI is InChI=1S/C10H7ClN2O2/c11-6-15-10(14)8-3-7-1-2-12-5-9(7)13-4-8/h1-5H,6H2. The molecule has 2 aromatic heterocycles. The molecule has 0 aliphatic heterocycles. The molecule has 2 aromatic rings. The highest BCUT2D eigenvalue weighted by Gasteiger charge is 2.07. The monoisotopic (exact) mass is 222 g/mol. The van der Waals surface area contributed by atoms with Crippen LogP contribution in [-0.4, -0.2) is 22.0 Å². The molecule has 2 heterocycles. The minimum absolute atomic E-state index is 0.160. The van der Waals surface area contributed by atoms with Crippen molar-refractivity contribution >= 4 is 28.5 Å². The summed E-state index contributed by atoms with van der Waals surface area (Å²) >= 11 is 5.29. The van der Waals surface area contributed by atoms with Gasteiger partial charge in [0.1, 0.15) is 0 Å². The quantitative estimate of drug-likeness (QED) is 0.576. The Hall–Kier alpha value is -1.68. The van der Waals surface area contributed by atoms with Crippen molar-refractivity contribution in [2.24, 2.45) is 0 Å². The third-order valence-electron chi connectivity index (χ3n) is 1.91. The fourth-order valence-electron chi connectivity index (χ4n) is 1.22. The molecule has 0 aliphatic carbocycles. The lowest BCUT2D eigenvalue weighted by atomic mass is 10.2. The van der Waals surface area contributed by atoms with Crippen LogP contribution in [0.1, 0.15) is 10.4 Å². The lowest BCUT2D eigenvalue weighted by molar-refractivity contribution is 0.0574. The summed E-state index contributed by atoms with van der Waals surface area (Å²) in [5, 5.41) is 0.842. The number of rotatable bonds is 2. The number of hydrogen-bond donors (Lipinski definition) is 0. The molecule has 0 radical (unpaired) electrons. The number of nitrogens with zero attached hydrogens (tertiary/aromatic N) is 2. The van der Waals surface area contributed by atoms with E-state index in [4.69, 9.17) is 11.6 Å². The van der Waals surface area contributed by atoms with Crippen LogP contribution in [0.15, 0.2) is 30.7 Å². The molecule has 5 heteroatoms. The Bertz CT molecular complexity index is 502. The Morgan fingerprint density at radius 1 is 1.47 bits per heavy atom. The molecular weight excluding hydrogens is 216 g/mol. The van der Waals surface area contributed by atoms with E-state index in [1.807, 2.05) is 0 Å². The van der Waals surface area contributed by atoms with Gasteiger partial charge in [-0.2, -0.15) is 0 Å². The van der Waals surface area contributed by atoms with E-state index < -0.39 is 5.97 Å². The zero-order valence-corrected chi connectivity index (χ0v) is 8.44. The number of hydrogen-bond acceptors (Lipinski definition) is 4. The van der Waals surface area contributed by atoms with E-state index in [-0.39, 0.29) is 6.07 Å². The predicted octanol–water partition coefficient (Wildman–Crippen LogP) is 1.98. The summed E-state index contributed by atoms with van der Waals surface area (Å²) in [6, 6.07) is 3.31. The van der Waals surface area contributed by atoms with Gasteiger partial charge in [-0.3, -0.25) is 9.97 Å². The van der Waals surface area contributed by atoms with E-state index >= 15 is 0 Å². The zero-order chi connectivity index (χ0) is 10.7. The van der Waals surface area contributed by atoms with Gasteiger partial charge in [0.25, 0.3) is 0 Å². The summed E-state index contributed by atoms with van der Waals surface area (Å²) in [7, 11) is 0. The molecule has 0 aliphatic rings. The highest BCUT2D eigenvalue weighted by atomic mass is 35.5.